The smallest absolute Gasteiger partial charge is 0.144 e. The van der Waals surface area contributed by atoms with Gasteiger partial charge in [-0.05, 0) is 19.4 Å². The highest BCUT2D eigenvalue weighted by atomic mass is 16.3. The summed E-state index contributed by atoms with van der Waals surface area (Å²) in [5.41, 5.74) is 0.909. The SMILES string of the molecule is Cc1cccc([C@@](C)(O)c2ncc[nH]2)c1. The second-order valence-corrected chi connectivity index (χ2v) is 3.88. The molecule has 2 N–H and O–H groups in total. The maximum absolute atomic E-state index is 10.4. The minimum absolute atomic E-state index is 0.563. The Hall–Kier alpha value is -1.61. The molecule has 0 bridgehead atoms. The zero-order valence-electron chi connectivity index (χ0n) is 8.86. The molecule has 0 radical (unpaired) electrons. The second-order valence-electron chi connectivity index (χ2n) is 3.88. The van der Waals surface area contributed by atoms with Crippen LogP contribution in [-0.2, 0) is 5.60 Å². The maximum atomic E-state index is 10.4. The van der Waals surface area contributed by atoms with Gasteiger partial charge in [0.15, 0.2) is 0 Å². The van der Waals surface area contributed by atoms with Gasteiger partial charge in [0.1, 0.15) is 11.4 Å². The first-order valence-electron chi connectivity index (χ1n) is 4.90. The standard InChI is InChI=1S/C12H14N2O/c1-9-4-3-5-10(8-9)12(2,15)11-13-6-7-14-11/h3-8,15H,1-2H3,(H,13,14)/t12-/m1/s1. The van der Waals surface area contributed by atoms with Crippen LogP contribution in [0.3, 0.4) is 0 Å². The molecule has 0 aliphatic carbocycles. The molecular formula is C12H14N2O. The molecule has 0 aliphatic heterocycles. The van der Waals surface area contributed by atoms with Crippen LogP contribution in [0.5, 0.6) is 0 Å². The van der Waals surface area contributed by atoms with Crippen LogP contribution in [0.15, 0.2) is 36.7 Å². The Labute approximate surface area is 88.8 Å². The number of aromatic amines is 1. The van der Waals surface area contributed by atoms with Gasteiger partial charge in [0.05, 0.1) is 0 Å². The summed E-state index contributed by atoms with van der Waals surface area (Å²) in [6.07, 6.45) is 3.35. The fraction of sp³-hybridized carbons (Fsp3) is 0.250. The molecule has 78 valence electrons. The third kappa shape index (κ3) is 1.78. The van der Waals surface area contributed by atoms with Gasteiger partial charge in [0.2, 0.25) is 0 Å². The van der Waals surface area contributed by atoms with E-state index in [1.54, 1.807) is 19.3 Å². The van der Waals surface area contributed by atoms with Gasteiger partial charge in [-0.25, -0.2) is 4.98 Å². The van der Waals surface area contributed by atoms with Crippen molar-refractivity contribution >= 4 is 0 Å². The Kier molecular flexibility index (Phi) is 2.32. The van der Waals surface area contributed by atoms with Gasteiger partial charge in [-0.3, -0.25) is 0 Å². The van der Waals surface area contributed by atoms with Crippen LogP contribution in [0, 0.1) is 6.92 Å². The van der Waals surface area contributed by atoms with E-state index in [0.717, 1.165) is 11.1 Å². The largest absolute Gasteiger partial charge is 0.377 e. The van der Waals surface area contributed by atoms with Crippen molar-refractivity contribution in [2.45, 2.75) is 19.4 Å². The molecule has 1 heterocycles. The zero-order chi connectivity index (χ0) is 10.9. The number of imidazole rings is 1. The number of hydrogen-bond acceptors (Lipinski definition) is 2. The van der Waals surface area contributed by atoms with Crippen LogP contribution in [0.4, 0.5) is 0 Å². The van der Waals surface area contributed by atoms with E-state index >= 15 is 0 Å². The molecule has 0 amide bonds. The summed E-state index contributed by atoms with van der Waals surface area (Å²) < 4.78 is 0. The van der Waals surface area contributed by atoms with Gasteiger partial charge < -0.3 is 10.1 Å². The lowest BCUT2D eigenvalue weighted by Gasteiger charge is -2.21. The van der Waals surface area contributed by atoms with E-state index in [1.807, 2.05) is 31.2 Å². The van der Waals surface area contributed by atoms with Crippen LogP contribution in [-0.4, -0.2) is 15.1 Å². The minimum Gasteiger partial charge on any atom is -0.377 e. The quantitative estimate of drug-likeness (QED) is 0.782. The van der Waals surface area contributed by atoms with Crippen molar-refractivity contribution in [3.63, 3.8) is 0 Å². The van der Waals surface area contributed by atoms with E-state index in [1.165, 1.54) is 0 Å². The molecule has 3 heteroatoms. The van der Waals surface area contributed by atoms with E-state index in [9.17, 15) is 5.11 Å². The first-order chi connectivity index (χ1) is 7.10. The van der Waals surface area contributed by atoms with Crippen molar-refractivity contribution in [3.8, 4) is 0 Å². The first kappa shape index (κ1) is 9.93. The van der Waals surface area contributed by atoms with E-state index in [0.29, 0.717) is 5.82 Å². The summed E-state index contributed by atoms with van der Waals surface area (Å²) >= 11 is 0. The van der Waals surface area contributed by atoms with E-state index < -0.39 is 5.60 Å². The lowest BCUT2D eigenvalue weighted by atomic mass is 9.94. The van der Waals surface area contributed by atoms with Crippen molar-refractivity contribution in [3.05, 3.63) is 53.6 Å². The number of H-pyrrole nitrogens is 1. The van der Waals surface area contributed by atoms with Crippen molar-refractivity contribution in [1.29, 1.82) is 0 Å². The van der Waals surface area contributed by atoms with E-state index in [-0.39, 0.29) is 0 Å². The Morgan fingerprint density at radius 1 is 1.40 bits per heavy atom. The third-order valence-corrected chi connectivity index (χ3v) is 2.54. The number of aliphatic hydroxyl groups is 1. The Morgan fingerprint density at radius 3 is 2.80 bits per heavy atom. The van der Waals surface area contributed by atoms with Crippen molar-refractivity contribution in [1.82, 2.24) is 9.97 Å². The lowest BCUT2D eigenvalue weighted by Crippen LogP contribution is -2.24. The van der Waals surface area contributed by atoms with E-state index in [2.05, 4.69) is 9.97 Å². The number of aryl methyl sites for hydroxylation is 1. The lowest BCUT2D eigenvalue weighted by molar-refractivity contribution is 0.0931. The van der Waals surface area contributed by atoms with Crippen molar-refractivity contribution in [2.24, 2.45) is 0 Å². The summed E-state index contributed by atoms with van der Waals surface area (Å²) in [5, 5.41) is 10.4. The first-order valence-corrected chi connectivity index (χ1v) is 4.90. The van der Waals surface area contributed by atoms with Gasteiger partial charge >= 0.3 is 0 Å². The number of rotatable bonds is 2. The minimum atomic E-state index is -1.06. The summed E-state index contributed by atoms with van der Waals surface area (Å²) in [7, 11) is 0. The topological polar surface area (TPSA) is 48.9 Å². The molecule has 0 saturated heterocycles. The fourth-order valence-corrected chi connectivity index (χ4v) is 1.62. The average Bonchev–Trinajstić information content (AvgIpc) is 2.71. The number of aromatic nitrogens is 2. The number of hydrogen-bond donors (Lipinski definition) is 2. The molecule has 3 nitrogen and oxygen atoms in total. The third-order valence-electron chi connectivity index (χ3n) is 2.54. The summed E-state index contributed by atoms with van der Waals surface area (Å²) in [6, 6.07) is 7.79. The molecule has 1 aromatic heterocycles. The normalized spacial score (nSPS) is 14.9. The molecule has 2 rings (SSSR count). The van der Waals surface area contributed by atoms with Crippen LogP contribution < -0.4 is 0 Å². The highest BCUT2D eigenvalue weighted by Gasteiger charge is 2.27. The average molecular weight is 202 g/mol. The van der Waals surface area contributed by atoms with Crippen molar-refractivity contribution < 1.29 is 5.11 Å². The van der Waals surface area contributed by atoms with Crippen LogP contribution >= 0.6 is 0 Å². The molecular weight excluding hydrogens is 188 g/mol. The molecule has 2 aromatic rings. The van der Waals surface area contributed by atoms with Gasteiger partial charge in [0.25, 0.3) is 0 Å². The monoisotopic (exact) mass is 202 g/mol. The molecule has 15 heavy (non-hydrogen) atoms. The highest BCUT2D eigenvalue weighted by Crippen LogP contribution is 2.26. The van der Waals surface area contributed by atoms with Crippen molar-refractivity contribution in [2.75, 3.05) is 0 Å². The molecule has 0 aliphatic rings. The molecule has 0 fully saturated rings. The maximum Gasteiger partial charge on any atom is 0.144 e. The molecule has 0 saturated carbocycles. The number of nitrogens with zero attached hydrogens (tertiary/aromatic N) is 1. The summed E-state index contributed by atoms with van der Waals surface area (Å²) in [6.45, 7) is 3.74. The molecule has 0 unspecified atom stereocenters. The Balaban J connectivity index is 2.46. The molecule has 1 aromatic carbocycles. The predicted octanol–water partition coefficient (Wildman–Crippen LogP) is 1.97. The Bertz CT molecular complexity index is 446. The van der Waals surface area contributed by atoms with E-state index in [4.69, 9.17) is 0 Å². The zero-order valence-corrected chi connectivity index (χ0v) is 8.86. The summed E-state index contributed by atoms with van der Waals surface area (Å²) in [5.74, 6) is 0.563. The molecule has 1 atom stereocenters. The van der Waals surface area contributed by atoms with Gasteiger partial charge in [-0.15, -0.1) is 0 Å². The van der Waals surface area contributed by atoms with Crippen LogP contribution in [0.1, 0.15) is 23.9 Å². The number of nitrogens with one attached hydrogen (secondary N) is 1. The van der Waals surface area contributed by atoms with Gasteiger partial charge in [0, 0.05) is 12.4 Å². The predicted molar refractivity (Wildman–Crippen MR) is 58.4 cm³/mol. The summed E-state index contributed by atoms with van der Waals surface area (Å²) in [4.78, 5) is 7.02. The second kappa shape index (κ2) is 3.51. The van der Waals surface area contributed by atoms with Crippen LogP contribution in [0.2, 0.25) is 0 Å². The Morgan fingerprint density at radius 2 is 2.20 bits per heavy atom. The van der Waals surface area contributed by atoms with Gasteiger partial charge in [-0.1, -0.05) is 29.8 Å². The fourth-order valence-electron chi connectivity index (χ4n) is 1.62. The van der Waals surface area contributed by atoms with Crippen LogP contribution in [0.25, 0.3) is 0 Å². The van der Waals surface area contributed by atoms with Gasteiger partial charge in [-0.2, -0.15) is 0 Å². The highest BCUT2D eigenvalue weighted by molar-refractivity contribution is 5.31. The molecule has 0 spiro atoms. The number of benzene rings is 1.